The van der Waals surface area contributed by atoms with Gasteiger partial charge in [-0.05, 0) is 31.0 Å². The second kappa shape index (κ2) is 5.47. The first kappa shape index (κ1) is 13.5. The van der Waals surface area contributed by atoms with Crippen molar-refractivity contribution >= 4 is 16.9 Å². The van der Waals surface area contributed by atoms with Gasteiger partial charge >= 0.3 is 0 Å². The molecule has 0 fully saturated rings. The van der Waals surface area contributed by atoms with E-state index in [1.165, 1.54) is 5.56 Å². The molecule has 0 bridgehead atoms. The highest BCUT2D eigenvalue weighted by Crippen LogP contribution is 2.20. The van der Waals surface area contributed by atoms with Gasteiger partial charge in [0.25, 0.3) is 0 Å². The molecule has 3 aromatic rings. The van der Waals surface area contributed by atoms with Crippen LogP contribution in [0.25, 0.3) is 11.0 Å². The van der Waals surface area contributed by atoms with Gasteiger partial charge < -0.3 is 4.90 Å². The van der Waals surface area contributed by atoms with Gasteiger partial charge in [0, 0.05) is 32.5 Å². The van der Waals surface area contributed by atoms with E-state index in [4.69, 9.17) is 0 Å². The largest absolute Gasteiger partial charge is 0.357 e. The Bertz CT molecular complexity index is 764. The molecule has 3 rings (SSSR count). The fourth-order valence-electron chi connectivity index (χ4n) is 2.31. The lowest BCUT2D eigenvalue weighted by Gasteiger charge is -2.18. The zero-order valence-electron chi connectivity index (χ0n) is 12.5. The lowest BCUT2D eigenvalue weighted by molar-refractivity contribution is 0.766. The molecule has 0 aliphatic carbocycles. The minimum atomic E-state index is 0.853. The molecule has 108 valence electrons. The summed E-state index contributed by atoms with van der Waals surface area (Å²) in [4.78, 5) is 15.4. The summed E-state index contributed by atoms with van der Waals surface area (Å²) in [5, 5.41) is 4.19. The molecule has 0 saturated heterocycles. The Morgan fingerprint density at radius 3 is 2.86 bits per heavy atom. The Morgan fingerprint density at radius 2 is 2.10 bits per heavy atom. The highest BCUT2D eigenvalue weighted by atomic mass is 15.2. The number of hydrogen-bond donors (Lipinski definition) is 0. The van der Waals surface area contributed by atoms with Crippen molar-refractivity contribution in [1.82, 2.24) is 24.7 Å². The summed E-state index contributed by atoms with van der Waals surface area (Å²) >= 11 is 0. The van der Waals surface area contributed by atoms with E-state index < -0.39 is 0 Å². The number of aryl methyl sites for hydroxylation is 2. The molecule has 0 aliphatic rings. The van der Waals surface area contributed by atoms with E-state index in [0.29, 0.717) is 0 Å². The van der Waals surface area contributed by atoms with Crippen molar-refractivity contribution in [2.24, 2.45) is 7.05 Å². The van der Waals surface area contributed by atoms with Gasteiger partial charge in [0.2, 0.25) is 0 Å². The SMILES string of the molecule is Cc1ccc2ncnc(N(C)CCc3cnn(C)c3)c2n1. The number of anilines is 1. The summed E-state index contributed by atoms with van der Waals surface area (Å²) in [6, 6.07) is 3.95. The maximum absolute atomic E-state index is 4.57. The second-order valence-corrected chi connectivity index (χ2v) is 5.21. The standard InChI is InChI=1S/C15H18N6/c1-11-4-5-13-14(19-11)15(17-10-16-13)20(2)7-6-12-8-18-21(3)9-12/h4-5,8-10H,6-7H2,1-3H3. The normalized spacial score (nSPS) is 11.0. The van der Waals surface area contributed by atoms with Crippen LogP contribution in [0.4, 0.5) is 5.82 Å². The number of nitrogens with zero attached hydrogens (tertiary/aromatic N) is 6. The van der Waals surface area contributed by atoms with Crippen LogP contribution in [0.1, 0.15) is 11.3 Å². The van der Waals surface area contributed by atoms with Crippen LogP contribution in [0.2, 0.25) is 0 Å². The lowest BCUT2D eigenvalue weighted by Crippen LogP contribution is -2.22. The Kier molecular flexibility index (Phi) is 3.51. The van der Waals surface area contributed by atoms with Gasteiger partial charge in [-0.25, -0.2) is 15.0 Å². The molecule has 0 spiro atoms. The Labute approximate surface area is 123 Å². The molecule has 3 heterocycles. The van der Waals surface area contributed by atoms with Crippen molar-refractivity contribution in [1.29, 1.82) is 0 Å². The molecule has 0 radical (unpaired) electrons. The third-order valence-corrected chi connectivity index (χ3v) is 3.46. The summed E-state index contributed by atoms with van der Waals surface area (Å²) in [7, 11) is 3.96. The average molecular weight is 282 g/mol. The molecule has 0 aromatic carbocycles. The van der Waals surface area contributed by atoms with Gasteiger partial charge in [0.1, 0.15) is 11.8 Å². The Hall–Kier alpha value is -2.50. The molecule has 0 atom stereocenters. The summed E-state index contributed by atoms with van der Waals surface area (Å²) in [6.07, 6.45) is 6.44. The van der Waals surface area contributed by atoms with Crippen LogP contribution >= 0.6 is 0 Å². The third-order valence-electron chi connectivity index (χ3n) is 3.46. The van der Waals surface area contributed by atoms with E-state index in [1.807, 2.05) is 50.2 Å². The highest BCUT2D eigenvalue weighted by molar-refractivity contribution is 5.85. The number of pyridine rings is 1. The fraction of sp³-hybridized carbons (Fsp3) is 0.333. The van der Waals surface area contributed by atoms with Gasteiger partial charge in [-0.2, -0.15) is 5.10 Å². The van der Waals surface area contributed by atoms with Crippen LogP contribution < -0.4 is 4.90 Å². The van der Waals surface area contributed by atoms with E-state index in [-0.39, 0.29) is 0 Å². The van der Waals surface area contributed by atoms with Crippen molar-refractivity contribution in [2.45, 2.75) is 13.3 Å². The van der Waals surface area contributed by atoms with Gasteiger partial charge in [-0.1, -0.05) is 0 Å². The third kappa shape index (κ3) is 2.84. The van der Waals surface area contributed by atoms with Gasteiger partial charge in [0.05, 0.1) is 11.7 Å². The van der Waals surface area contributed by atoms with E-state index in [0.717, 1.165) is 35.5 Å². The first-order chi connectivity index (χ1) is 10.1. The molecule has 21 heavy (non-hydrogen) atoms. The molecule has 6 heteroatoms. The number of hydrogen-bond acceptors (Lipinski definition) is 5. The quantitative estimate of drug-likeness (QED) is 0.729. The molecule has 0 amide bonds. The maximum Gasteiger partial charge on any atom is 0.158 e. The van der Waals surface area contributed by atoms with Crippen LogP contribution in [-0.2, 0) is 13.5 Å². The second-order valence-electron chi connectivity index (χ2n) is 5.21. The molecular formula is C15H18N6. The molecule has 6 nitrogen and oxygen atoms in total. The van der Waals surface area contributed by atoms with Crippen LogP contribution in [0.5, 0.6) is 0 Å². The van der Waals surface area contributed by atoms with Crippen molar-refractivity contribution in [2.75, 3.05) is 18.5 Å². The van der Waals surface area contributed by atoms with Crippen LogP contribution in [-0.4, -0.2) is 38.3 Å². The summed E-state index contributed by atoms with van der Waals surface area (Å²) in [5.74, 6) is 0.868. The molecule has 0 unspecified atom stereocenters. The maximum atomic E-state index is 4.57. The van der Waals surface area contributed by atoms with E-state index in [9.17, 15) is 0 Å². The van der Waals surface area contributed by atoms with Crippen LogP contribution in [0, 0.1) is 6.92 Å². The predicted octanol–water partition coefficient (Wildman–Crippen LogP) is 1.75. The van der Waals surface area contributed by atoms with Crippen molar-refractivity contribution in [3.05, 3.63) is 42.1 Å². The number of fused-ring (bicyclic) bond motifs is 1. The zero-order chi connectivity index (χ0) is 14.8. The number of rotatable bonds is 4. The van der Waals surface area contributed by atoms with Gasteiger partial charge in [-0.3, -0.25) is 4.68 Å². The number of aromatic nitrogens is 5. The summed E-state index contributed by atoms with van der Waals surface area (Å²) in [5.41, 5.74) is 3.91. The molecule has 3 aromatic heterocycles. The first-order valence-electron chi connectivity index (χ1n) is 6.90. The smallest absolute Gasteiger partial charge is 0.158 e. The number of likely N-dealkylation sites (N-methyl/N-ethyl adjacent to an activating group) is 1. The van der Waals surface area contributed by atoms with Gasteiger partial charge in [-0.15, -0.1) is 0 Å². The van der Waals surface area contributed by atoms with Gasteiger partial charge in [0.15, 0.2) is 5.82 Å². The molecule has 0 aliphatic heterocycles. The first-order valence-corrected chi connectivity index (χ1v) is 6.90. The van der Waals surface area contributed by atoms with E-state index in [2.05, 4.69) is 25.0 Å². The summed E-state index contributed by atoms with van der Waals surface area (Å²) < 4.78 is 1.82. The fourth-order valence-corrected chi connectivity index (χ4v) is 2.31. The predicted molar refractivity (Wildman–Crippen MR) is 82.3 cm³/mol. The average Bonchev–Trinajstić information content (AvgIpc) is 2.89. The lowest BCUT2D eigenvalue weighted by atomic mass is 10.2. The van der Waals surface area contributed by atoms with Crippen LogP contribution in [0.15, 0.2) is 30.9 Å². The van der Waals surface area contributed by atoms with Crippen molar-refractivity contribution in [3.63, 3.8) is 0 Å². The topological polar surface area (TPSA) is 59.7 Å². The molecule has 0 saturated carbocycles. The highest BCUT2D eigenvalue weighted by Gasteiger charge is 2.10. The van der Waals surface area contributed by atoms with Crippen molar-refractivity contribution in [3.8, 4) is 0 Å². The van der Waals surface area contributed by atoms with E-state index in [1.54, 1.807) is 6.33 Å². The minimum Gasteiger partial charge on any atom is -0.357 e. The minimum absolute atomic E-state index is 0.853. The zero-order valence-corrected chi connectivity index (χ0v) is 12.5. The van der Waals surface area contributed by atoms with Crippen molar-refractivity contribution < 1.29 is 0 Å². The molecular weight excluding hydrogens is 264 g/mol. The molecule has 0 N–H and O–H groups in total. The van der Waals surface area contributed by atoms with E-state index >= 15 is 0 Å². The van der Waals surface area contributed by atoms with Crippen LogP contribution in [0.3, 0.4) is 0 Å². The Balaban J connectivity index is 1.83. The Morgan fingerprint density at radius 1 is 1.24 bits per heavy atom. The monoisotopic (exact) mass is 282 g/mol. The summed E-state index contributed by atoms with van der Waals surface area (Å²) in [6.45, 7) is 2.83.